The van der Waals surface area contributed by atoms with Crippen LogP contribution in [0.15, 0.2) is 89.8 Å². The van der Waals surface area contributed by atoms with Crippen LogP contribution in [0.25, 0.3) is 10.8 Å². The van der Waals surface area contributed by atoms with Gasteiger partial charge in [-0.25, -0.2) is 13.1 Å². The van der Waals surface area contributed by atoms with Crippen LogP contribution in [0.1, 0.15) is 35.8 Å². The van der Waals surface area contributed by atoms with E-state index in [1.807, 2.05) is 65.6 Å². The number of nitrogens with zero attached hydrogens (tertiary/aromatic N) is 4. The van der Waals surface area contributed by atoms with Gasteiger partial charge < -0.3 is 19.3 Å². The number of amides is 1. The first kappa shape index (κ1) is 29.6. The van der Waals surface area contributed by atoms with E-state index < -0.39 is 16.1 Å². The minimum atomic E-state index is -3.87. The maximum Gasteiger partial charge on any atom is 0.241 e. The molecular formula is C34H41N5O3S. The zero-order valence-electron chi connectivity index (χ0n) is 24.9. The van der Waals surface area contributed by atoms with Crippen LogP contribution in [0.4, 0.5) is 0 Å². The molecule has 0 bridgehead atoms. The Labute approximate surface area is 254 Å². The molecule has 1 unspecified atom stereocenters. The summed E-state index contributed by atoms with van der Waals surface area (Å²) in [5, 5.41) is 1.83. The number of carbonyl (C=O) groups is 1. The summed E-state index contributed by atoms with van der Waals surface area (Å²) in [7, 11) is -1.69. The summed E-state index contributed by atoms with van der Waals surface area (Å²) in [4.78, 5) is 20.6. The van der Waals surface area contributed by atoms with E-state index in [1.54, 1.807) is 12.1 Å². The van der Waals surface area contributed by atoms with Crippen LogP contribution in [0, 0.1) is 0 Å². The van der Waals surface area contributed by atoms with E-state index in [0.717, 1.165) is 74.1 Å². The highest BCUT2D eigenvalue weighted by atomic mass is 32.2. The normalized spacial score (nSPS) is 17.2. The molecule has 226 valence electrons. The van der Waals surface area contributed by atoms with Crippen molar-refractivity contribution in [3.8, 4) is 0 Å². The standard InChI is InChI=1S/C34H41N5O3S/c1-36-18-20-37(21-19-36)17-7-12-30-14-15-31-26-38(22-23-39(30)31)34(40)25-33(28-9-3-2-4-10-28)35-43(41,42)32-16-13-27-8-5-6-11-29(27)24-32/h2-6,8-11,13-16,24,33,35H,7,12,17-23,25-26H2,1H3. The molecule has 1 amide bonds. The lowest BCUT2D eigenvalue weighted by molar-refractivity contribution is -0.133. The molecule has 9 heteroatoms. The molecule has 6 rings (SSSR count). The molecule has 1 aromatic heterocycles. The average Bonchev–Trinajstić information content (AvgIpc) is 3.44. The molecule has 1 fully saturated rings. The maximum absolute atomic E-state index is 13.6. The predicted molar refractivity (Wildman–Crippen MR) is 170 cm³/mol. The van der Waals surface area contributed by atoms with Crippen LogP contribution in [0.2, 0.25) is 0 Å². The highest BCUT2D eigenvalue weighted by Gasteiger charge is 2.28. The molecule has 3 aromatic carbocycles. The van der Waals surface area contributed by atoms with Crippen molar-refractivity contribution < 1.29 is 13.2 Å². The highest BCUT2D eigenvalue weighted by Crippen LogP contribution is 2.26. The van der Waals surface area contributed by atoms with Crippen molar-refractivity contribution in [2.24, 2.45) is 0 Å². The van der Waals surface area contributed by atoms with E-state index in [-0.39, 0.29) is 17.2 Å². The van der Waals surface area contributed by atoms with E-state index in [9.17, 15) is 13.2 Å². The Morgan fingerprint density at radius 3 is 2.37 bits per heavy atom. The summed E-state index contributed by atoms with van der Waals surface area (Å²) >= 11 is 0. The van der Waals surface area contributed by atoms with Gasteiger partial charge in [0.25, 0.3) is 0 Å². The van der Waals surface area contributed by atoms with Gasteiger partial charge in [-0.15, -0.1) is 0 Å². The number of hydrogen-bond acceptors (Lipinski definition) is 5. The fourth-order valence-electron chi connectivity index (χ4n) is 6.27. The van der Waals surface area contributed by atoms with Gasteiger partial charge in [-0.05, 0) is 67.0 Å². The number of fused-ring (bicyclic) bond motifs is 2. The second-order valence-electron chi connectivity index (χ2n) is 11.8. The van der Waals surface area contributed by atoms with E-state index in [1.165, 1.54) is 5.69 Å². The van der Waals surface area contributed by atoms with Gasteiger partial charge in [-0.1, -0.05) is 60.7 Å². The Kier molecular flexibility index (Phi) is 8.95. The van der Waals surface area contributed by atoms with Gasteiger partial charge in [0.05, 0.1) is 17.5 Å². The van der Waals surface area contributed by atoms with Gasteiger partial charge in [0.15, 0.2) is 0 Å². The molecule has 0 radical (unpaired) electrons. The van der Waals surface area contributed by atoms with E-state index >= 15 is 0 Å². The number of aryl methyl sites for hydroxylation is 1. The van der Waals surface area contributed by atoms with Crippen LogP contribution in [-0.4, -0.2) is 79.9 Å². The molecule has 1 saturated heterocycles. The molecule has 0 aliphatic carbocycles. The molecule has 1 N–H and O–H groups in total. The van der Waals surface area contributed by atoms with Crippen LogP contribution in [0.3, 0.4) is 0 Å². The third-order valence-corrected chi connectivity index (χ3v) is 10.3. The number of sulfonamides is 1. The van der Waals surface area contributed by atoms with Crippen LogP contribution < -0.4 is 4.72 Å². The number of aromatic nitrogens is 1. The summed E-state index contributed by atoms with van der Waals surface area (Å²) in [6, 6.07) is 25.8. The van der Waals surface area contributed by atoms with Gasteiger partial charge in [0, 0.05) is 57.1 Å². The van der Waals surface area contributed by atoms with E-state index in [0.29, 0.717) is 13.1 Å². The van der Waals surface area contributed by atoms with Crippen LogP contribution in [-0.2, 0) is 34.3 Å². The third kappa shape index (κ3) is 7.02. The molecule has 1 atom stereocenters. The van der Waals surface area contributed by atoms with Gasteiger partial charge in [0.1, 0.15) is 0 Å². The lowest BCUT2D eigenvalue weighted by Crippen LogP contribution is -2.44. The number of hydrogen-bond donors (Lipinski definition) is 1. The van der Waals surface area contributed by atoms with Gasteiger partial charge in [0.2, 0.25) is 15.9 Å². The molecule has 2 aliphatic heterocycles. The lowest BCUT2D eigenvalue weighted by atomic mass is 10.0. The Morgan fingerprint density at radius 2 is 1.58 bits per heavy atom. The summed E-state index contributed by atoms with van der Waals surface area (Å²) in [6.07, 6.45) is 2.22. The van der Waals surface area contributed by atoms with E-state index in [2.05, 4.69) is 38.3 Å². The molecule has 2 aliphatic rings. The van der Waals surface area contributed by atoms with Crippen molar-refractivity contribution in [1.82, 2.24) is 24.0 Å². The van der Waals surface area contributed by atoms with Crippen molar-refractivity contribution in [2.45, 2.75) is 43.3 Å². The smallest absolute Gasteiger partial charge is 0.241 e. The molecule has 3 heterocycles. The first-order valence-electron chi connectivity index (χ1n) is 15.3. The van der Waals surface area contributed by atoms with Crippen molar-refractivity contribution in [1.29, 1.82) is 0 Å². The molecule has 4 aromatic rings. The molecular weight excluding hydrogens is 558 g/mol. The summed E-state index contributed by atoms with van der Waals surface area (Å²) in [5.74, 6) is -0.0564. The first-order valence-corrected chi connectivity index (χ1v) is 16.8. The number of likely N-dealkylation sites (N-methyl/N-ethyl adjacent to an activating group) is 1. The summed E-state index contributed by atoms with van der Waals surface area (Å²) in [6.45, 7) is 7.60. The summed E-state index contributed by atoms with van der Waals surface area (Å²) < 4.78 is 32.3. The number of piperazine rings is 1. The van der Waals surface area contributed by atoms with Crippen molar-refractivity contribution in [3.63, 3.8) is 0 Å². The van der Waals surface area contributed by atoms with Crippen molar-refractivity contribution in [2.75, 3.05) is 46.3 Å². The second-order valence-corrected chi connectivity index (χ2v) is 13.5. The van der Waals surface area contributed by atoms with Gasteiger partial charge in [-0.3, -0.25) is 4.79 Å². The second kappa shape index (κ2) is 13.0. The van der Waals surface area contributed by atoms with Crippen molar-refractivity contribution in [3.05, 3.63) is 102 Å². The number of carbonyl (C=O) groups excluding carboxylic acids is 1. The quantitative estimate of drug-likeness (QED) is 0.295. The Morgan fingerprint density at radius 1 is 0.837 bits per heavy atom. The number of rotatable bonds is 10. The SMILES string of the molecule is CN1CCN(CCCc2ccc3n2CCN(C(=O)CC(NS(=O)(=O)c2ccc4ccccc4c2)c2ccccc2)C3)CC1. The zero-order chi connectivity index (χ0) is 29.8. The Bertz CT molecular complexity index is 1660. The van der Waals surface area contributed by atoms with Gasteiger partial charge in [-0.2, -0.15) is 0 Å². The first-order chi connectivity index (χ1) is 20.9. The summed E-state index contributed by atoms with van der Waals surface area (Å²) in [5.41, 5.74) is 3.24. The molecule has 8 nitrogen and oxygen atoms in total. The van der Waals surface area contributed by atoms with Crippen LogP contribution in [0.5, 0.6) is 0 Å². The largest absolute Gasteiger partial charge is 0.345 e. The Balaban J connectivity index is 1.11. The number of benzene rings is 3. The minimum Gasteiger partial charge on any atom is -0.345 e. The minimum absolute atomic E-state index is 0.0510. The van der Waals surface area contributed by atoms with Crippen LogP contribution >= 0.6 is 0 Å². The Hall–Kier alpha value is -3.50. The highest BCUT2D eigenvalue weighted by molar-refractivity contribution is 7.89. The third-order valence-electron chi connectivity index (χ3n) is 8.87. The molecule has 43 heavy (non-hydrogen) atoms. The molecule has 0 saturated carbocycles. The number of nitrogens with one attached hydrogen (secondary N) is 1. The predicted octanol–water partition coefficient (Wildman–Crippen LogP) is 4.27. The maximum atomic E-state index is 13.6. The fourth-order valence-corrected chi connectivity index (χ4v) is 7.53. The lowest BCUT2D eigenvalue weighted by Gasteiger charge is -2.32. The monoisotopic (exact) mass is 599 g/mol. The zero-order valence-corrected chi connectivity index (χ0v) is 25.7. The van der Waals surface area contributed by atoms with Crippen molar-refractivity contribution >= 4 is 26.7 Å². The molecule has 0 spiro atoms. The average molecular weight is 600 g/mol. The fraction of sp³-hybridized carbons (Fsp3) is 0.382. The van der Waals surface area contributed by atoms with E-state index in [4.69, 9.17) is 0 Å². The van der Waals surface area contributed by atoms with Gasteiger partial charge >= 0.3 is 0 Å². The topological polar surface area (TPSA) is 77.9 Å².